The van der Waals surface area contributed by atoms with Crippen molar-refractivity contribution in [3.8, 4) is 0 Å². The summed E-state index contributed by atoms with van der Waals surface area (Å²) >= 11 is 1.86. The summed E-state index contributed by atoms with van der Waals surface area (Å²) in [6.45, 7) is 10.7. The van der Waals surface area contributed by atoms with Crippen LogP contribution in [0.25, 0.3) is 0 Å². The number of nitrogens with one attached hydrogen (secondary N) is 1. The summed E-state index contributed by atoms with van der Waals surface area (Å²) in [6.07, 6.45) is 4.93. The molecule has 1 N–H and O–H groups in total. The molecule has 0 spiro atoms. The number of thiazole rings is 1. The monoisotopic (exact) mass is 296 g/mol. The number of rotatable bonds is 5. The normalized spacial score (nSPS) is 25.9. The number of aryl methyl sites for hydroxylation is 2. The summed E-state index contributed by atoms with van der Waals surface area (Å²) in [5.41, 5.74) is 1.61. The summed E-state index contributed by atoms with van der Waals surface area (Å²) in [5, 5.41) is 5.05. The van der Waals surface area contributed by atoms with Crippen LogP contribution in [0.5, 0.6) is 0 Å². The molecule has 1 fully saturated rings. The topological polar surface area (TPSA) is 34.1 Å². The minimum atomic E-state index is 0.0456. The molecule has 1 aromatic rings. The van der Waals surface area contributed by atoms with Gasteiger partial charge in [0.05, 0.1) is 17.8 Å². The van der Waals surface area contributed by atoms with E-state index >= 15 is 0 Å². The van der Waals surface area contributed by atoms with Gasteiger partial charge >= 0.3 is 0 Å². The smallest absolute Gasteiger partial charge is 0.113 e. The maximum atomic E-state index is 5.22. The van der Waals surface area contributed by atoms with E-state index in [9.17, 15) is 0 Å². The standard InChI is InChI=1S/C16H28N2OS/c1-12-13(2)20-14(18-12)16(17-9-10-19-5)8-6-7-15(3,4)11-16/h17H,6-11H2,1-5H3. The Morgan fingerprint density at radius 3 is 2.60 bits per heavy atom. The van der Waals surface area contributed by atoms with Gasteiger partial charge in [-0.1, -0.05) is 20.3 Å². The van der Waals surface area contributed by atoms with E-state index in [1.54, 1.807) is 7.11 Å². The highest BCUT2D eigenvalue weighted by Gasteiger charge is 2.43. The Labute approximate surface area is 127 Å². The zero-order chi connectivity index (χ0) is 14.8. The van der Waals surface area contributed by atoms with Crippen molar-refractivity contribution in [1.29, 1.82) is 0 Å². The summed E-state index contributed by atoms with van der Waals surface area (Å²) < 4.78 is 5.22. The first-order chi connectivity index (χ1) is 9.38. The Morgan fingerprint density at radius 2 is 2.05 bits per heavy atom. The first-order valence-electron chi connectivity index (χ1n) is 7.57. The Hall–Kier alpha value is -0.450. The third-order valence-electron chi connectivity index (χ3n) is 4.44. The number of ether oxygens (including phenoxy) is 1. The van der Waals surface area contributed by atoms with Crippen LogP contribution >= 0.6 is 11.3 Å². The lowest BCUT2D eigenvalue weighted by Crippen LogP contribution is -2.49. The predicted octanol–water partition coefficient (Wildman–Crippen LogP) is 3.79. The fraction of sp³-hybridized carbons (Fsp3) is 0.812. The van der Waals surface area contributed by atoms with Gasteiger partial charge in [0.2, 0.25) is 0 Å². The molecule has 0 aliphatic heterocycles. The molecular weight excluding hydrogens is 268 g/mol. The van der Waals surface area contributed by atoms with Crippen LogP contribution < -0.4 is 5.32 Å². The van der Waals surface area contributed by atoms with Crippen molar-refractivity contribution in [2.75, 3.05) is 20.3 Å². The van der Waals surface area contributed by atoms with Gasteiger partial charge in [-0.25, -0.2) is 4.98 Å². The average Bonchev–Trinajstić information content (AvgIpc) is 2.69. The number of hydrogen-bond acceptors (Lipinski definition) is 4. The molecular formula is C16H28N2OS. The van der Waals surface area contributed by atoms with Crippen LogP contribution in [0.3, 0.4) is 0 Å². The number of nitrogens with zero attached hydrogens (tertiary/aromatic N) is 1. The van der Waals surface area contributed by atoms with Crippen molar-refractivity contribution in [3.05, 3.63) is 15.6 Å². The second-order valence-corrected chi connectivity index (χ2v) is 8.06. The largest absolute Gasteiger partial charge is 0.383 e. The lowest BCUT2D eigenvalue weighted by Gasteiger charge is -2.44. The Bertz CT molecular complexity index is 436. The molecule has 0 radical (unpaired) electrons. The van der Waals surface area contributed by atoms with E-state index in [4.69, 9.17) is 9.72 Å². The highest BCUT2D eigenvalue weighted by molar-refractivity contribution is 7.11. The van der Waals surface area contributed by atoms with Crippen LogP contribution in [-0.4, -0.2) is 25.2 Å². The Kier molecular flexibility index (Phi) is 4.88. The summed E-state index contributed by atoms with van der Waals surface area (Å²) in [4.78, 5) is 6.21. The third-order valence-corrected chi connectivity index (χ3v) is 5.72. The van der Waals surface area contributed by atoms with Gasteiger partial charge in [0, 0.05) is 18.5 Å². The van der Waals surface area contributed by atoms with E-state index in [-0.39, 0.29) is 5.54 Å². The fourth-order valence-corrected chi connectivity index (χ4v) is 4.45. The molecule has 4 heteroatoms. The van der Waals surface area contributed by atoms with Crippen LogP contribution in [-0.2, 0) is 10.3 Å². The van der Waals surface area contributed by atoms with Crippen molar-refractivity contribution in [2.45, 2.75) is 58.9 Å². The highest BCUT2D eigenvalue weighted by Crippen LogP contribution is 2.47. The van der Waals surface area contributed by atoms with Gasteiger partial charge in [-0.2, -0.15) is 0 Å². The van der Waals surface area contributed by atoms with Crippen LogP contribution in [0.2, 0.25) is 0 Å². The summed E-state index contributed by atoms with van der Waals surface area (Å²) in [6, 6.07) is 0. The van der Waals surface area contributed by atoms with Gasteiger partial charge in [0.15, 0.2) is 0 Å². The van der Waals surface area contributed by atoms with Gasteiger partial charge in [0.25, 0.3) is 0 Å². The van der Waals surface area contributed by atoms with Crippen LogP contribution in [0.1, 0.15) is 55.1 Å². The molecule has 1 aliphatic rings. The van der Waals surface area contributed by atoms with Crippen molar-refractivity contribution < 1.29 is 4.74 Å². The zero-order valence-corrected chi connectivity index (χ0v) is 14.3. The van der Waals surface area contributed by atoms with E-state index in [1.807, 2.05) is 11.3 Å². The molecule has 20 heavy (non-hydrogen) atoms. The van der Waals surface area contributed by atoms with Crippen molar-refractivity contribution >= 4 is 11.3 Å². The van der Waals surface area contributed by atoms with Gasteiger partial charge in [-0.05, 0) is 38.5 Å². The first-order valence-corrected chi connectivity index (χ1v) is 8.39. The molecule has 0 aromatic carbocycles. The molecule has 1 atom stereocenters. The predicted molar refractivity (Wildman–Crippen MR) is 85.4 cm³/mol. The molecule has 1 unspecified atom stereocenters. The Balaban J connectivity index is 2.28. The van der Waals surface area contributed by atoms with Crippen molar-refractivity contribution in [3.63, 3.8) is 0 Å². The zero-order valence-electron chi connectivity index (χ0n) is 13.5. The van der Waals surface area contributed by atoms with Gasteiger partial charge in [-0.3, -0.25) is 0 Å². The maximum Gasteiger partial charge on any atom is 0.113 e. The second-order valence-electron chi connectivity index (χ2n) is 6.86. The van der Waals surface area contributed by atoms with Crippen molar-refractivity contribution in [2.24, 2.45) is 5.41 Å². The molecule has 2 rings (SSSR count). The molecule has 0 saturated heterocycles. The molecule has 1 aliphatic carbocycles. The lowest BCUT2D eigenvalue weighted by atomic mass is 9.68. The molecule has 0 amide bonds. The van der Waals surface area contributed by atoms with Gasteiger partial charge in [0.1, 0.15) is 5.01 Å². The third kappa shape index (κ3) is 3.41. The maximum absolute atomic E-state index is 5.22. The van der Waals surface area contributed by atoms with Gasteiger partial charge in [-0.15, -0.1) is 11.3 Å². The molecule has 114 valence electrons. The van der Waals surface area contributed by atoms with E-state index in [2.05, 4.69) is 33.0 Å². The van der Waals surface area contributed by atoms with E-state index < -0.39 is 0 Å². The molecule has 1 saturated carbocycles. The average molecular weight is 296 g/mol. The summed E-state index contributed by atoms with van der Waals surface area (Å²) in [7, 11) is 1.76. The van der Waals surface area contributed by atoms with E-state index in [0.29, 0.717) is 5.41 Å². The fourth-order valence-electron chi connectivity index (χ4n) is 3.34. The number of aromatic nitrogens is 1. The van der Waals surface area contributed by atoms with E-state index in [0.717, 1.165) is 19.6 Å². The Morgan fingerprint density at radius 1 is 1.30 bits per heavy atom. The molecule has 0 bridgehead atoms. The quantitative estimate of drug-likeness (QED) is 0.839. The number of methoxy groups -OCH3 is 1. The summed E-state index contributed by atoms with van der Waals surface area (Å²) in [5.74, 6) is 0. The van der Waals surface area contributed by atoms with Crippen LogP contribution in [0.15, 0.2) is 0 Å². The minimum Gasteiger partial charge on any atom is -0.383 e. The SMILES string of the molecule is COCCNC1(c2nc(C)c(C)s2)CCCC(C)(C)C1. The van der Waals surface area contributed by atoms with E-state index in [1.165, 1.54) is 34.8 Å². The lowest BCUT2D eigenvalue weighted by molar-refractivity contribution is 0.105. The molecule has 1 aromatic heterocycles. The van der Waals surface area contributed by atoms with Gasteiger partial charge < -0.3 is 10.1 Å². The number of hydrogen-bond donors (Lipinski definition) is 1. The highest BCUT2D eigenvalue weighted by atomic mass is 32.1. The minimum absolute atomic E-state index is 0.0456. The molecule has 1 heterocycles. The molecule has 3 nitrogen and oxygen atoms in total. The van der Waals surface area contributed by atoms with Crippen molar-refractivity contribution in [1.82, 2.24) is 10.3 Å². The second kappa shape index (κ2) is 6.12. The first kappa shape index (κ1) is 15.9. The van der Waals surface area contributed by atoms with Crippen LogP contribution in [0, 0.1) is 19.3 Å². The van der Waals surface area contributed by atoms with Crippen LogP contribution in [0.4, 0.5) is 0 Å².